The van der Waals surface area contributed by atoms with Crippen molar-refractivity contribution in [1.29, 1.82) is 0 Å². The second kappa shape index (κ2) is 11.7. The minimum atomic E-state index is -0.706. The van der Waals surface area contributed by atoms with E-state index in [-0.39, 0.29) is 12.6 Å². The van der Waals surface area contributed by atoms with Gasteiger partial charge in [-0.15, -0.1) is 0 Å². The van der Waals surface area contributed by atoms with Crippen molar-refractivity contribution in [1.82, 2.24) is 15.5 Å². The van der Waals surface area contributed by atoms with E-state index in [1.54, 1.807) is 0 Å². The Morgan fingerprint density at radius 1 is 0.939 bits per heavy atom. The average Bonchev–Trinajstić information content (AvgIpc) is 3.34. The highest BCUT2D eigenvalue weighted by molar-refractivity contribution is 6.31. The zero-order valence-corrected chi connectivity index (χ0v) is 18.9. The zero-order chi connectivity index (χ0) is 22.9. The zero-order valence-electron chi connectivity index (χ0n) is 18.1. The van der Waals surface area contributed by atoms with Crippen LogP contribution in [0.15, 0.2) is 89.5 Å². The van der Waals surface area contributed by atoms with Gasteiger partial charge >= 0.3 is 0 Å². The number of nitrogens with one attached hydrogen (secondary N) is 1. The standard InChI is InChI=1S/C26H26ClN3O3/c27-23-14-8-7-13-21(23)17-32-18-22(31)16-28-24(15-19-9-3-1-4-10-19)26-29-25(30-33-26)20-11-5-2-6-12-20/h1-14,22,24,28,31H,15-18H2/t22-,24-/m0/s1. The molecule has 0 amide bonds. The number of nitrogens with zero attached hydrogens (tertiary/aromatic N) is 2. The van der Waals surface area contributed by atoms with Gasteiger partial charge in [0.15, 0.2) is 0 Å². The summed E-state index contributed by atoms with van der Waals surface area (Å²) >= 11 is 6.16. The molecule has 0 radical (unpaired) electrons. The lowest BCUT2D eigenvalue weighted by molar-refractivity contribution is 0.0271. The molecule has 1 aromatic heterocycles. The number of aliphatic hydroxyl groups excluding tert-OH is 1. The Bertz CT molecular complexity index is 1120. The summed E-state index contributed by atoms with van der Waals surface area (Å²) in [6.07, 6.45) is -0.0629. The van der Waals surface area contributed by atoms with E-state index in [9.17, 15) is 5.11 Å². The maximum atomic E-state index is 10.5. The van der Waals surface area contributed by atoms with Gasteiger partial charge in [0.1, 0.15) is 0 Å². The van der Waals surface area contributed by atoms with Crippen molar-refractivity contribution in [3.8, 4) is 11.4 Å². The van der Waals surface area contributed by atoms with Crippen LogP contribution in [0.5, 0.6) is 0 Å². The van der Waals surface area contributed by atoms with Crippen LogP contribution >= 0.6 is 11.6 Å². The van der Waals surface area contributed by atoms with Crippen molar-refractivity contribution in [3.05, 3.63) is 107 Å². The monoisotopic (exact) mass is 463 g/mol. The van der Waals surface area contributed by atoms with Crippen LogP contribution in [0.4, 0.5) is 0 Å². The van der Waals surface area contributed by atoms with Gasteiger partial charge in [0.25, 0.3) is 0 Å². The first-order valence-corrected chi connectivity index (χ1v) is 11.2. The van der Waals surface area contributed by atoms with Crippen LogP contribution < -0.4 is 5.32 Å². The van der Waals surface area contributed by atoms with E-state index in [4.69, 9.17) is 20.9 Å². The number of hydrogen-bond donors (Lipinski definition) is 2. The number of hydrogen-bond acceptors (Lipinski definition) is 6. The molecular weight excluding hydrogens is 438 g/mol. The topological polar surface area (TPSA) is 80.4 Å². The van der Waals surface area contributed by atoms with E-state index < -0.39 is 6.10 Å². The molecule has 2 atom stereocenters. The molecule has 0 bridgehead atoms. The number of aliphatic hydroxyl groups is 1. The first-order valence-electron chi connectivity index (χ1n) is 10.8. The molecule has 0 aliphatic rings. The lowest BCUT2D eigenvalue weighted by atomic mass is 10.1. The van der Waals surface area contributed by atoms with Gasteiger partial charge < -0.3 is 19.7 Å². The van der Waals surface area contributed by atoms with E-state index >= 15 is 0 Å². The second-order valence-corrected chi connectivity index (χ2v) is 8.14. The molecule has 3 aromatic carbocycles. The fourth-order valence-corrected chi connectivity index (χ4v) is 3.63. The summed E-state index contributed by atoms with van der Waals surface area (Å²) in [4.78, 5) is 4.60. The first kappa shape index (κ1) is 23.1. The molecule has 0 unspecified atom stereocenters. The molecular formula is C26H26ClN3O3. The van der Waals surface area contributed by atoms with Crippen molar-refractivity contribution in [2.24, 2.45) is 0 Å². The molecule has 4 rings (SSSR count). The SMILES string of the molecule is O[C@@H](CN[C@@H](Cc1ccccc1)c1nc(-c2ccccc2)no1)COCc1ccccc1Cl. The quantitative estimate of drug-likeness (QED) is 0.331. The maximum Gasteiger partial charge on any atom is 0.244 e. The van der Waals surface area contributed by atoms with Crippen LogP contribution in [0.25, 0.3) is 11.4 Å². The van der Waals surface area contributed by atoms with Gasteiger partial charge in [0.05, 0.1) is 25.4 Å². The molecule has 7 heteroatoms. The third kappa shape index (κ3) is 6.73. The van der Waals surface area contributed by atoms with Crippen LogP contribution in [-0.4, -0.2) is 34.5 Å². The van der Waals surface area contributed by atoms with Crippen molar-refractivity contribution < 1.29 is 14.4 Å². The van der Waals surface area contributed by atoms with E-state index in [2.05, 4.69) is 15.5 Å². The Morgan fingerprint density at radius 3 is 2.39 bits per heavy atom. The number of aromatic nitrogens is 2. The Kier molecular flexibility index (Phi) is 8.22. The molecule has 0 spiro atoms. The van der Waals surface area contributed by atoms with E-state index in [0.717, 1.165) is 16.7 Å². The molecule has 33 heavy (non-hydrogen) atoms. The maximum absolute atomic E-state index is 10.5. The lowest BCUT2D eigenvalue weighted by Gasteiger charge is -2.18. The molecule has 6 nitrogen and oxygen atoms in total. The number of ether oxygens (including phenoxy) is 1. The summed E-state index contributed by atoms with van der Waals surface area (Å²) in [5.41, 5.74) is 2.90. The van der Waals surface area contributed by atoms with Gasteiger partial charge in [-0.2, -0.15) is 4.98 Å². The van der Waals surface area contributed by atoms with E-state index in [1.165, 1.54) is 0 Å². The first-order chi connectivity index (χ1) is 16.2. The summed E-state index contributed by atoms with van der Waals surface area (Å²) in [5, 5.41) is 18.6. The van der Waals surface area contributed by atoms with Gasteiger partial charge in [-0.25, -0.2) is 0 Å². The highest BCUT2D eigenvalue weighted by Gasteiger charge is 2.21. The van der Waals surface area contributed by atoms with E-state index in [0.29, 0.717) is 36.3 Å². The molecule has 2 N–H and O–H groups in total. The van der Waals surface area contributed by atoms with Crippen LogP contribution in [0.2, 0.25) is 5.02 Å². The van der Waals surface area contributed by atoms with Crippen LogP contribution in [0, 0.1) is 0 Å². The van der Waals surface area contributed by atoms with Gasteiger partial charge in [-0.3, -0.25) is 0 Å². The fraction of sp³-hybridized carbons (Fsp3) is 0.231. The van der Waals surface area contributed by atoms with Crippen LogP contribution in [-0.2, 0) is 17.8 Å². The molecule has 1 heterocycles. The van der Waals surface area contributed by atoms with Crippen molar-refractivity contribution in [2.45, 2.75) is 25.2 Å². The van der Waals surface area contributed by atoms with Crippen molar-refractivity contribution in [3.63, 3.8) is 0 Å². The highest BCUT2D eigenvalue weighted by atomic mass is 35.5. The summed E-state index contributed by atoms with van der Waals surface area (Å²) in [6.45, 7) is 0.826. The van der Waals surface area contributed by atoms with E-state index in [1.807, 2.05) is 84.9 Å². The molecule has 0 fully saturated rings. The molecule has 0 aliphatic heterocycles. The number of halogens is 1. The lowest BCUT2D eigenvalue weighted by Crippen LogP contribution is -2.34. The van der Waals surface area contributed by atoms with Gasteiger partial charge in [-0.1, -0.05) is 95.6 Å². The molecule has 0 saturated carbocycles. The second-order valence-electron chi connectivity index (χ2n) is 7.73. The van der Waals surface area contributed by atoms with Crippen LogP contribution in [0.1, 0.15) is 23.1 Å². The molecule has 0 aliphatic carbocycles. The van der Waals surface area contributed by atoms with Crippen molar-refractivity contribution >= 4 is 11.6 Å². The minimum Gasteiger partial charge on any atom is -0.389 e. The number of rotatable bonds is 11. The summed E-state index contributed by atoms with van der Waals surface area (Å²) < 4.78 is 11.2. The Hall–Kier alpha value is -3.03. The molecule has 170 valence electrons. The third-order valence-corrected chi connectivity index (χ3v) is 5.55. The molecule has 4 aromatic rings. The Labute approximate surface area is 198 Å². The van der Waals surface area contributed by atoms with Gasteiger partial charge in [-0.05, 0) is 23.6 Å². The van der Waals surface area contributed by atoms with Crippen molar-refractivity contribution in [2.75, 3.05) is 13.2 Å². The molecule has 0 saturated heterocycles. The summed E-state index contributed by atoms with van der Waals surface area (Å²) in [5.74, 6) is 1.01. The fourth-order valence-electron chi connectivity index (χ4n) is 3.44. The van der Waals surface area contributed by atoms with Gasteiger partial charge in [0.2, 0.25) is 11.7 Å². The summed E-state index contributed by atoms with van der Waals surface area (Å²) in [7, 11) is 0. The average molecular weight is 464 g/mol. The summed E-state index contributed by atoms with van der Waals surface area (Å²) in [6, 6.07) is 27.0. The minimum absolute atomic E-state index is 0.176. The third-order valence-electron chi connectivity index (χ3n) is 5.18. The predicted molar refractivity (Wildman–Crippen MR) is 128 cm³/mol. The largest absolute Gasteiger partial charge is 0.389 e. The van der Waals surface area contributed by atoms with Crippen LogP contribution in [0.3, 0.4) is 0 Å². The smallest absolute Gasteiger partial charge is 0.244 e. The Balaban J connectivity index is 1.38. The Morgan fingerprint density at radius 2 is 1.64 bits per heavy atom. The van der Waals surface area contributed by atoms with Gasteiger partial charge in [0, 0.05) is 17.1 Å². The normalized spacial score (nSPS) is 13.0. The number of benzene rings is 3. The highest BCUT2D eigenvalue weighted by Crippen LogP contribution is 2.21. The predicted octanol–water partition coefficient (Wildman–Crippen LogP) is 4.84.